The SMILES string of the molecule is Cc1c(C=O)c(N)n(CC2CCCO2)c(=O)c1C#N. The van der Waals surface area contributed by atoms with Crippen LogP contribution in [0.2, 0.25) is 0 Å². The van der Waals surface area contributed by atoms with Gasteiger partial charge in [0.05, 0.1) is 18.2 Å². The molecule has 6 heteroatoms. The molecule has 1 aliphatic rings. The Morgan fingerprint density at radius 2 is 2.37 bits per heavy atom. The molecule has 1 saturated heterocycles. The van der Waals surface area contributed by atoms with Crippen LogP contribution < -0.4 is 11.3 Å². The van der Waals surface area contributed by atoms with E-state index in [1.165, 1.54) is 4.57 Å². The molecule has 2 rings (SSSR count). The Labute approximate surface area is 110 Å². The quantitative estimate of drug-likeness (QED) is 0.803. The minimum Gasteiger partial charge on any atom is -0.384 e. The smallest absolute Gasteiger partial charge is 0.270 e. The first kappa shape index (κ1) is 13.3. The van der Waals surface area contributed by atoms with Crippen molar-refractivity contribution >= 4 is 12.1 Å². The second-order valence-electron chi connectivity index (χ2n) is 4.58. The van der Waals surface area contributed by atoms with Crippen molar-refractivity contribution in [3.63, 3.8) is 0 Å². The number of nitrogens with two attached hydrogens (primary N) is 1. The van der Waals surface area contributed by atoms with E-state index in [0.717, 1.165) is 12.8 Å². The zero-order valence-corrected chi connectivity index (χ0v) is 10.7. The number of pyridine rings is 1. The van der Waals surface area contributed by atoms with Crippen LogP contribution in [0.25, 0.3) is 0 Å². The molecule has 1 fully saturated rings. The molecule has 0 aromatic carbocycles. The third-order valence-corrected chi connectivity index (χ3v) is 3.44. The Morgan fingerprint density at radius 1 is 1.63 bits per heavy atom. The normalized spacial score (nSPS) is 18.2. The number of nitrogen functional groups attached to an aromatic ring is 1. The fourth-order valence-electron chi connectivity index (χ4n) is 2.33. The van der Waals surface area contributed by atoms with Gasteiger partial charge in [-0.15, -0.1) is 0 Å². The molecule has 1 atom stereocenters. The molecule has 1 unspecified atom stereocenters. The molecule has 0 spiro atoms. The Balaban J connectivity index is 2.56. The van der Waals surface area contributed by atoms with Gasteiger partial charge in [0.15, 0.2) is 6.29 Å². The standard InChI is InChI=1S/C13H15N3O3/c1-8-10(5-14)13(18)16(12(15)11(8)7-17)6-9-3-2-4-19-9/h7,9H,2-4,6,15H2,1H3. The van der Waals surface area contributed by atoms with Crippen LogP contribution in [0.5, 0.6) is 0 Å². The number of carbonyl (C=O) groups excluding carboxylic acids is 1. The van der Waals surface area contributed by atoms with Gasteiger partial charge in [-0.1, -0.05) is 0 Å². The topological polar surface area (TPSA) is 98.1 Å². The number of aldehydes is 1. The van der Waals surface area contributed by atoms with E-state index in [1.54, 1.807) is 6.92 Å². The number of rotatable bonds is 3. The average Bonchev–Trinajstić information content (AvgIpc) is 2.88. The second kappa shape index (κ2) is 5.24. The molecule has 2 N–H and O–H groups in total. The molecule has 1 aromatic heterocycles. The van der Waals surface area contributed by atoms with Gasteiger partial charge in [-0.2, -0.15) is 5.26 Å². The molecule has 0 aliphatic carbocycles. The molecule has 0 radical (unpaired) electrons. The van der Waals surface area contributed by atoms with Crippen molar-refractivity contribution in [3.8, 4) is 6.07 Å². The van der Waals surface area contributed by atoms with Crippen LogP contribution in [0.3, 0.4) is 0 Å². The Morgan fingerprint density at radius 3 is 2.89 bits per heavy atom. The monoisotopic (exact) mass is 261 g/mol. The average molecular weight is 261 g/mol. The lowest BCUT2D eigenvalue weighted by molar-refractivity contribution is 0.0964. The minimum absolute atomic E-state index is 0.0331. The lowest BCUT2D eigenvalue weighted by Crippen LogP contribution is -2.32. The van der Waals surface area contributed by atoms with E-state index < -0.39 is 5.56 Å². The predicted molar refractivity (Wildman–Crippen MR) is 68.9 cm³/mol. The van der Waals surface area contributed by atoms with Crippen LogP contribution >= 0.6 is 0 Å². The first-order valence-electron chi connectivity index (χ1n) is 6.10. The number of carbonyl (C=O) groups is 1. The maximum atomic E-state index is 12.2. The molecule has 1 aliphatic heterocycles. The van der Waals surface area contributed by atoms with E-state index >= 15 is 0 Å². The van der Waals surface area contributed by atoms with Crippen LogP contribution in [0, 0.1) is 18.3 Å². The largest absolute Gasteiger partial charge is 0.384 e. The van der Waals surface area contributed by atoms with E-state index in [1.807, 2.05) is 6.07 Å². The summed E-state index contributed by atoms with van der Waals surface area (Å²) in [4.78, 5) is 23.3. The Hall–Kier alpha value is -2.13. The van der Waals surface area contributed by atoms with Crippen molar-refractivity contribution in [2.24, 2.45) is 0 Å². The Bertz CT molecular complexity index is 607. The summed E-state index contributed by atoms with van der Waals surface area (Å²) in [5, 5.41) is 9.04. The fraction of sp³-hybridized carbons (Fsp3) is 0.462. The number of anilines is 1. The lowest BCUT2D eigenvalue weighted by Gasteiger charge is -2.17. The Kier molecular flexibility index (Phi) is 3.67. The van der Waals surface area contributed by atoms with Crippen LogP contribution in [0.1, 0.15) is 34.3 Å². The highest BCUT2D eigenvalue weighted by molar-refractivity contribution is 5.85. The lowest BCUT2D eigenvalue weighted by atomic mass is 10.1. The van der Waals surface area contributed by atoms with E-state index in [-0.39, 0.29) is 29.6 Å². The number of hydrogen-bond donors (Lipinski definition) is 1. The summed E-state index contributed by atoms with van der Waals surface area (Å²) >= 11 is 0. The maximum absolute atomic E-state index is 12.2. The zero-order valence-electron chi connectivity index (χ0n) is 10.7. The second-order valence-corrected chi connectivity index (χ2v) is 4.58. The highest BCUT2D eigenvalue weighted by Gasteiger charge is 2.22. The molecular formula is C13H15N3O3. The van der Waals surface area contributed by atoms with Crippen LogP contribution in [0.4, 0.5) is 5.82 Å². The summed E-state index contributed by atoms with van der Waals surface area (Å²) in [5.41, 5.74) is 5.91. The fourth-order valence-corrected chi connectivity index (χ4v) is 2.33. The highest BCUT2D eigenvalue weighted by Crippen LogP contribution is 2.19. The molecule has 0 bridgehead atoms. The van der Waals surface area contributed by atoms with Crippen molar-refractivity contribution in [1.82, 2.24) is 4.57 Å². The molecule has 0 saturated carbocycles. The van der Waals surface area contributed by atoms with E-state index in [4.69, 9.17) is 15.7 Å². The van der Waals surface area contributed by atoms with E-state index in [0.29, 0.717) is 18.5 Å². The van der Waals surface area contributed by atoms with Gasteiger partial charge in [0, 0.05) is 6.61 Å². The molecule has 0 amide bonds. The predicted octanol–water partition coefficient (Wildman–Crippen LogP) is 0.602. The first-order chi connectivity index (χ1) is 9.10. The van der Waals surface area contributed by atoms with Crippen molar-refractivity contribution in [3.05, 3.63) is 27.0 Å². The van der Waals surface area contributed by atoms with Gasteiger partial charge in [-0.25, -0.2) is 0 Å². The summed E-state index contributed by atoms with van der Waals surface area (Å²) < 4.78 is 6.73. The van der Waals surface area contributed by atoms with Crippen LogP contribution in [-0.2, 0) is 11.3 Å². The van der Waals surface area contributed by atoms with Gasteiger partial charge in [0.2, 0.25) is 0 Å². The maximum Gasteiger partial charge on any atom is 0.270 e. The molecule has 6 nitrogen and oxygen atoms in total. The zero-order chi connectivity index (χ0) is 14.0. The van der Waals surface area contributed by atoms with Crippen molar-refractivity contribution in [2.75, 3.05) is 12.3 Å². The summed E-state index contributed by atoms with van der Waals surface area (Å²) in [6.07, 6.45) is 2.28. The van der Waals surface area contributed by atoms with E-state index in [2.05, 4.69) is 0 Å². The molecule has 100 valence electrons. The van der Waals surface area contributed by atoms with Crippen molar-refractivity contribution in [2.45, 2.75) is 32.4 Å². The summed E-state index contributed by atoms with van der Waals surface area (Å²) in [6.45, 7) is 2.49. The molecule has 2 heterocycles. The molecule has 1 aromatic rings. The van der Waals surface area contributed by atoms with E-state index in [9.17, 15) is 9.59 Å². The van der Waals surface area contributed by atoms with Crippen molar-refractivity contribution in [1.29, 1.82) is 5.26 Å². The number of hydrogen-bond acceptors (Lipinski definition) is 5. The highest BCUT2D eigenvalue weighted by atomic mass is 16.5. The summed E-state index contributed by atoms with van der Waals surface area (Å²) in [7, 11) is 0. The molecular weight excluding hydrogens is 246 g/mol. The number of nitrogens with zero attached hydrogens (tertiary/aromatic N) is 2. The van der Waals surface area contributed by atoms with Crippen LogP contribution in [0.15, 0.2) is 4.79 Å². The van der Waals surface area contributed by atoms with Gasteiger partial charge in [-0.3, -0.25) is 14.2 Å². The summed E-state index contributed by atoms with van der Waals surface area (Å²) in [6, 6.07) is 1.84. The number of aromatic nitrogens is 1. The van der Waals surface area contributed by atoms with Gasteiger partial charge in [0.1, 0.15) is 17.5 Å². The third-order valence-electron chi connectivity index (χ3n) is 3.44. The third kappa shape index (κ3) is 2.25. The van der Waals surface area contributed by atoms with Gasteiger partial charge < -0.3 is 10.5 Å². The number of ether oxygens (including phenoxy) is 1. The van der Waals surface area contributed by atoms with Gasteiger partial charge in [-0.05, 0) is 25.3 Å². The first-order valence-corrected chi connectivity index (χ1v) is 6.10. The summed E-state index contributed by atoms with van der Waals surface area (Å²) in [5.74, 6) is 0.104. The van der Waals surface area contributed by atoms with Gasteiger partial charge in [0.25, 0.3) is 5.56 Å². The molecule has 19 heavy (non-hydrogen) atoms. The van der Waals surface area contributed by atoms with Crippen molar-refractivity contribution < 1.29 is 9.53 Å². The van der Waals surface area contributed by atoms with Gasteiger partial charge >= 0.3 is 0 Å². The minimum atomic E-state index is -0.460. The van der Waals surface area contributed by atoms with Crippen LogP contribution in [-0.4, -0.2) is 23.6 Å². The number of nitriles is 1.